The molecule has 26 rings (SSSR count). The zero-order valence-electron chi connectivity index (χ0n) is 69.6. The molecule has 0 N–H and O–H groups in total. The summed E-state index contributed by atoms with van der Waals surface area (Å²) in [5.74, 6) is 0.701. The summed E-state index contributed by atoms with van der Waals surface area (Å²) in [4.78, 5) is 31.5. The molecule has 602 valence electrons. The van der Waals surface area contributed by atoms with Gasteiger partial charge in [-0.15, -0.1) is 0 Å². The molecule has 0 amide bonds. The Morgan fingerprint density at radius 3 is 0.860 bits per heavy atom. The first-order valence-corrected chi connectivity index (χ1v) is 43.4. The Morgan fingerprint density at radius 1 is 0.147 bits per heavy atom. The Morgan fingerprint density at radius 2 is 0.434 bits per heavy atom. The second kappa shape index (κ2) is 32.0. The van der Waals surface area contributed by atoms with Gasteiger partial charge in [0.05, 0.1) is 56.1 Å². The molecule has 0 spiro atoms. The predicted octanol–water partition coefficient (Wildman–Crippen LogP) is 32.4. The fourth-order valence-electron chi connectivity index (χ4n) is 18.6. The Balaban J connectivity index is 0.000000108. The van der Waals surface area contributed by atoms with Gasteiger partial charge in [-0.1, -0.05) is 388 Å². The van der Waals surface area contributed by atoms with Crippen LogP contribution in [0.25, 0.3) is 254 Å². The number of nitrogens with zero attached hydrogens (tertiary/aromatic N) is 6. The summed E-state index contributed by atoms with van der Waals surface area (Å²) in [6, 6.07) is 156. The molecule has 6 aromatic heterocycles. The summed E-state index contributed by atoms with van der Waals surface area (Å²) in [7, 11) is 0. The first-order valence-electron chi connectivity index (χ1n) is 43.4. The number of hydrogen-bond acceptors (Lipinski definition) is 9. The van der Waals surface area contributed by atoms with Crippen LogP contribution in [0.15, 0.2) is 462 Å². The summed E-state index contributed by atoms with van der Waals surface area (Å²) in [5.41, 5.74) is 32.0. The maximum atomic E-state index is 6.20. The van der Waals surface area contributed by atoms with Crippen LogP contribution in [0.5, 0.6) is 0 Å². The van der Waals surface area contributed by atoms with E-state index in [2.05, 4.69) is 364 Å². The van der Waals surface area contributed by atoms with Crippen LogP contribution in [0.1, 0.15) is 0 Å². The van der Waals surface area contributed by atoms with Crippen molar-refractivity contribution in [1.82, 2.24) is 29.9 Å². The number of fused-ring (bicyclic) bond motifs is 18. The topological polar surface area (TPSA) is 117 Å². The monoisotopic (exact) mass is 1650 g/mol. The van der Waals surface area contributed by atoms with E-state index in [0.717, 1.165) is 226 Å². The van der Waals surface area contributed by atoms with Gasteiger partial charge in [0.1, 0.15) is 33.5 Å². The first-order chi connectivity index (χ1) is 63.9. The Bertz CT molecular complexity index is 8840. The number of furan rings is 3. The fraction of sp³-hybridized carbons (Fsp3) is 0. The molecule has 0 saturated carbocycles. The molecule has 6 heterocycles. The van der Waals surface area contributed by atoms with E-state index in [4.69, 9.17) is 43.2 Å². The van der Waals surface area contributed by atoms with Crippen LogP contribution >= 0.6 is 0 Å². The van der Waals surface area contributed by atoms with Crippen LogP contribution in [0.2, 0.25) is 0 Å². The third kappa shape index (κ3) is 13.8. The minimum Gasteiger partial charge on any atom is -0.456 e. The van der Waals surface area contributed by atoms with Crippen molar-refractivity contribution in [2.75, 3.05) is 0 Å². The van der Waals surface area contributed by atoms with E-state index in [-0.39, 0.29) is 0 Å². The minimum absolute atomic E-state index is 0.701. The number of aromatic nitrogens is 6. The normalized spacial score (nSPS) is 11.6. The molecule has 0 aliphatic rings. The Labute approximate surface area is 741 Å². The molecule has 0 fully saturated rings. The molecule has 9 heteroatoms. The lowest BCUT2D eigenvalue weighted by molar-refractivity contribution is 0.668. The molecule has 0 unspecified atom stereocenters. The van der Waals surface area contributed by atoms with Crippen LogP contribution in [-0.2, 0) is 0 Å². The van der Waals surface area contributed by atoms with Gasteiger partial charge >= 0.3 is 0 Å². The Kier molecular flexibility index (Phi) is 18.7. The predicted molar refractivity (Wildman–Crippen MR) is 533 cm³/mol. The van der Waals surface area contributed by atoms with Crippen LogP contribution in [0.4, 0.5) is 0 Å². The summed E-state index contributed by atoms with van der Waals surface area (Å²) < 4.78 is 18.5. The second-order valence-corrected chi connectivity index (χ2v) is 32.5. The highest BCUT2D eigenvalue weighted by Crippen LogP contribution is 2.45. The largest absolute Gasteiger partial charge is 0.456 e. The lowest BCUT2D eigenvalue weighted by Gasteiger charge is -2.13. The molecule has 20 aromatic carbocycles. The maximum absolute atomic E-state index is 6.20. The number of benzene rings is 20. The standard InChI is InChI=1S/2C42H26N2O.C36H22N2O/c1-2-10-27(11-3-1)28-20-22-30(23-21-28)40-36-25-24-29-12-4-5-15-34(29)41(36)44-42(43-40)32-14-8-13-31(26-32)33-17-9-19-38-39(33)35-16-6-7-18-37(35)45-38;1-2-9-27(10-3-1)28-17-21-32(22-18-28)41-40(43-36-26-25-29-11-4-5-12-34(29)42(36)44-41)31-23-19-30(20-24-31)33-14-8-16-38-39(33)35-13-6-7-15-37(35)45-38;1-2-10-25(11-3-1)35-34(37-30-22-21-23-9-4-5-12-28(23)36(30)38-35)26-19-17-24(18-20-26)27-14-8-16-32-33(27)29-13-6-7-15-31(29)39-32/h2*1-26H;1-22H. The highest BCUT2D eigenvalue weighted by atomic mass is 16.3. The van der Waals surface area contributed by atoms with Gasteiger partial charge in [0.15, 0.2) is 5.82 Å². The average Bonchev–Trinajstić information content (AvgIpc) is 1.75. The van der Waals surface area contributed by atoms with Crippen molar-refractivity contribution in [3.05, 3.63) is 449 Å². The van der Waals surface area contributed by atoms with Crippen molar-refractivity contribution in [2.45, 2.75) is 0 Å². The van der Waals surface area contributed by atoms with Crippen molar-refractivity contribution in [1.29, 1.82) is 0 Å². The first kappa shape index (κ1) is 75.4. The number of hydrogen-bond donors (Lipinski definition) is 0. The molecule has 0 atom stereocenters. The van der Waals surface area contributed by atoms with E-state index < -0.39 is 0 Å². The average molecular weight is 1650 g/mol. The van der Waals surface area contributed by atoms with E-state index in [1.165, 1.54) is 22.3 Å². The van der Waals surface area contributed by atoms with E-state index in [1.54, 1.807) is 0 Å². The van der Waals surface area contributed by atoms with Gasteiger partial charge in [0, 0.05) is 87.2 Å². The molecule has 0 aliphatic heterocycles. The van der Waals surface area contributed by atoms with Gasteiger partial charge < -0.3 is 13.3 Å². The van der Waals surface area contributed by atoms with Crippen molar-refractivity contribution >= 4 is 131 Å². The van der Waals surface area contributed by atoms with Crippen LogP contribution in [0.3, 0.4) is 0 Å². The fourth-order valence-corrected chi connectivity index (χ4v) is 18.6. The van der Waals surface area contributed by atoms with E-state index >= 15 is 0 Å². The lowest BCUT2D eigenvalue weighted by atomic mass is 9.96. The second-order valence-electron chi connectivity index (χ2n) is 32.5. The lowest BCUT2D eigenvalue weighted by Crippen LogP contribution is -1.96. The van der Waals surface area contributed by atoms with Crippen LogP contribution < -0.4 is 0 Å². The van der Waals surface area contributed by atoms with Gasteiger partial charge in [-0.2, -0.15) is 0 Å². The van der Waals surface area contributed by atoms with Crippen molar-refractivity contribution < 1.29 is 13.3 Å². The SMILES string of the molecule is c1ccc(-c2ccc(-c3nc(-c4cccc(-c5cccc6oc7ccccc7c56)c4)nc4c3ccc3ccccc34)cc2)cc1.c1ccc(-c2ccc(-c3nc4c(ccc5ccccc54)nc3-c3ccc(-c4cccc5oc6ccccc6c45)cc3)cc2)cc1.c1ccc(-c2nc3c(ccc4ccccc43)nc2-c2ccc(-c3cccc4oc5ccccc5c34)cc2)cc1. The summed E-state index contributed by atoms with van der Waals surface area (Å²) >= 11 is 0. The maximum Gasteiger partial charge on any atom is 0.160 e. The zero-order chi connectivity index (χ0) is 85.2. The molecular formula is C120H74N6O3. The molecule has 129 heavy (non-hydrogen) atoms. The summed E-state index contributed by atoms with van der Waals surface area (Å²) in [5, 5.41) is 14.6. The summed E-state index contributed by atoms with van der Waals surface area (Å²) in [6.45, 7) is 0. The third-order valence-corrected chi connectivity index (χ3v) is 24.9. The summed E-state index contributed by atoms with van der Waals surface area (Å²) in [6.07, 6.45) is 0. The van der Waals surface area contributed by atoms with Crippen LogP contribution in [0, 0.1) is 0 Å². The van der Waals surface area contributed by atoms with Gasteiger partial charge in [0.2, 0.25) is 0 Å². The molecular weight excluding hydrogens is 1570 g/mol. The van der Waals surface area contributed by atoms with Crippen molar-refractivity contribution in [2.24, 2.45) is 0 Å². The van der Waals surface area contributed by atoms with Gasteiger partial charge in [0.25, 0.3) is 0 Å². The highest BCUT2D eigenvalue weighted by Gasteiger charge is 2.23. The van der Waals surface area contributed by atoms with E-state index in [0.29, 0.717) is 5.82 Å². The molecule has 0 bridgehead atoms. The zero-order valence-corrected chi connectivity index (χ0v) is 69.6. The molecule has 0 radical (unpaired) electrons. The quantitative estimate of drug-likeness (QED) is 0.117. The van der Waals surface area contributed by atoms with Gasteiger partial charge in [-0.3, -0.25) is 0 Å². The number of para-hydroxylation sites is 3. The molecule has 26 aromatic rings. The number of rotatable bonds is 11. The van der Waals surface area contributed by atoms with Crippen molar-refractivity contribution in [3.8, 4) is 123 Å². The van der Waals surface area contributed by atoms with Gasteiger partial charge in [-0.25, -0.2) is 29.9 Å². The highest BCUT2D eigenvalue weighted by molar-refractivity contribution is 6.17. The molecule has 0 saturated heterocycles. The smallest absolute Gasteiger partial charge is 0.160 e. The molecule has 0 aliphatic carbocycles. The van der Waals surface area contributed by atoms with E-state index in [1.807, 2.05) is 84.9 Å². The third-order valence-electron chi connectivity index (χ3n) is 24.9. The Hall–Kier alpha value is -17.4. The molecule has 9 nitrogen and oxygen atoms in total. The minimum atomic E-state index is 0.701. The van der Waals surface area contributed by atoms with Crippen molar-refractivity contribution in [3.63, 3.8) is 0 Å². The van der Waals surface area contributed by atoms with Crippen LogP contribution in [-0.4, -0.2) is 29.9 Å². The van der Waals surface area contributed by atoms with Gasteiger partial charge in [-0.05, 0) is 132 Å². The van der Waals surface area contributed by atoms with E-state index in [9.17, 15) is 0 Å².